The Kier molecular flexibility index (Phi) is 7.08. The Morgan fingerprint density at radius 2 is 1.82 bits per heavy atom. The van der Waals surface area contributed by atoms with Crippen LogP contribution in [0.3, 0.4) is 0 Å². The zero-order valence-electron chi connectivity index (χ0n) is 18.5. The molecule has 0 radical (unpaired) electrons. The summed E-state index contributed by atoms with van der Waals surface area (Å²) in [5, 5.41) is 9.28. The smallest absolute Gasteiger partial charge is 0.354 e. The number of aromatic nitrogens is 1. The number of halogens is 1. The number of carbonyl (C=O) groups is 2. The quantitative estimate of drug-likeness (QED) is 0.523. The average Bonchev–Trinajstić information content (AvgIpc) is 3.29. The van der Waals surface area contributed by atoms with Gasteiger partial charge in [-0.25, -0.2) is 4.79 Å². The van der Waals surface area contributed by atoms with E-state index in [-0.39, 0.29) is 36.8 Å². The van der Waals surface area contributed by atoms with E-state index in [1.807, 2.05) is 48.5 Å². The number of ether oxygens (including phenoxy) is 1. The standard InChI is InChI=1S/C25H23ClN4O4/c1-2-34-25(33)21-14-22(30(28-21)19-9-4-3-5-10-19)24(32)27-18-12-13-23(31)29(16-18)15-17-8-6-7-11-20(17)26/h3-13,16,22H,2,14-15H2,1H3,(H,27,32). The largest absolute Gasteiger partial charge is 0.461 e. The van der Waals surface area contributed by atoms with Gasteiger partial charge in [0.25, 0.3) is 5.56 Å². The first-order valence-corrected chi connectivity index (χ1v) is 11.2. The lowest BCUT2D eigenvalue weighted by molar-refractivity contribution is -0.135. The summed E-state index contributed by atoms with van der Waals surface area (Å²) in [5.74, 6) is -0.915. The Morgan fingerprint density at radius 1 is 1.09 bits per heavy atom. The highest BCUT2D eigenvalue weighted by atomic mass is 35.5. The summed E-state index contributed by atoms with van der Waals surface area (Å²) in [4.78, 5) is 37.9. The fourth-order valence-electron chi connectivity index (χ4n) is 3.64. The van der Waals surface area contributed by atoms with E-state index in [9.17, 15) is 14.4 Å². The summed E-state index contributed by atoms with van der Waals surface area (Å²) in [6.07, 6.45) is 1.66. The first-order valence-electron chi connectivity index (χ1n) is 10.8. The van der Waals surface area contributed by atoms with Crippen LogP contribution in [0.5, 0.6) is 0 Å². The molecular formula is C25H23ClN4O4. The maximum absolute atomic E-state index is 13.2. The van der Waals surface area contributed by atoms with Crippen LogP contribution < -0.4 is 15.9 Å². The number of anilines is 2. The SMILES string of the molecule is CCOC(=O)C1=NN(c2ccccc2)C(C(=O)Nc2ccc(=O)n(Cc3ccccc3Cl)c2)C1. The molecule has 1 aromatic heterocycles. The van der Waals surface area contributed by atoms with E-state index in [1.54, 1.807) is 19.2 Å². The van der Waals surface area contributed by atoms with Crippen molar-refractivity contribution < 1.29 is 14.3 Å². The lowest BCUT2D eigenvalue weighted by atomic mass is 10.1. The molecule has 174 valence electrons. The molecule has 8 nitrogen and oxygen atoms in total. The van der Waals surface area contributed by atoms with Gasteiger partial charge in [-0.05, 0) is 36.8 Å². The molecular weight excluding hydrogens is 456 g/mol. The van der Waals surface area contributed by atoms with Crippen LogP contribution in [0.2, 0.25) is 5.02 Å². The van der Waals surface area contributed by atoms with Gasteiger partial charge in [0, 0.05) is 23.7 Å². The van der Waals surface area contributed by atoms with Gasteiger partial charge in [0.1, 0.15) is 11.8 Å². The third-order valence-corrected chi connectivity index (χ3v) is 5.66. The zero-order valence-corrected chi connectivity index (χ0v) is 19.2. The summed E-state index contributed by atoms with van der Waals surface area (Å²) in [7, 11) is 0. The molecule has 34 heavy (non-hydrogen) atoms. The van der Waals surface area contributed by atoms with E-state index in [1.165, 1.54) is 21.7 Å². The second kappa shape index (κ2) is 10.4. The Bertz CT molecular complexity index is 1290. The molecule has 1 N–H and O–H groups in total. The van der Waals surface area contributed by atoms with Crippen molar-refractivity contribution in [2.24, 2.45) is 5.10 Å². The number of para-hydroxylation sites is 1. The second-order valence-electron chi connectivity index (χ2n) is 7.63. The number of pyridine rings is 1. The Morgan fingerprint density at radius 3 is 2.56 bits per heavy atom. The van der Waals surface area contributed by atoms with Crippen molar-refractivity contribution >= 4 is 40.6 Å². The van der Waals surface area contributed by atoms with Crippen molar-refractivity contribution in [1.82, 2.24) is 4.57 Å². The van der Waals surface area contributed by atoms with Gasteiger partial charge in [-0.2, -0.15) is 5.10 Å². The van der Waals surface area contributed by atoms with Crippen LogP contribution in [-0.4, -0.2) is 34.8 Å². The molecule has 0 aliphatic carbocycles. The van der Waals surface area contributed by atoms with E-state index in [2.05, 4.69) is 10.4 Å². The first kappa shape index (κ1) is 23.3. The van der Waals surface area contributed by atoms with E-state index in [4.69, 9.17) is 16.3 Å². The van der Waals surface area contributed by atoms with E-state index in [0.29, 0.717) is 16.4 Å². The van der Waals surface area contributed by atoms with Crippen molar-refractivity contribution in [2.45, 2.75) is 25.9 Å². The highest BCUT2D eigenvalue weighted by Gasteiger charge is 2.37. The Hall–Kier alpha value is -3.91. The van der Waals surface area contributed by atoms with Crippen molar-refractivity contribution in [3.63, 3.8) is 0 Å². The lowest BCUT2D eigenvalue weighted by Gasteiger charge is -2.23. The maximum atomic E-state index is 13.2. The van der Waals surface area contributed by atoms with Crippen LogP contribution in [0.4, 0.5) is 11.4 Å². The third-order valence-electron chi connectivity index (χ3n) is 5.29. The number of hydrazone groups is 1. The first-order chi connectivity index (χ1) is 16.5. The number of nitrogens with one attached hydrogen (secondary N) is 1. The molecule has 0 bridgehead atoms. The van der Waals surface area contributed by atoms with E-state index < -0.39 is 12.0 Å². The van der Waals surface area contributed by atoms with Gasteiger partial charge in [-0.1, -0.05) is 48.0 Å². The number of esters is 1. The van der Waals surface area contributed by atoms with Gasteiger partial charge in [0.05, 0.1) is 24.5 Å². The molecule has 0 fully saturated rings. The van der Waals surface area contributed by atoms with Crippen LogP contribution >= 0.6 is 11.6 Å². The van der Waals surface area contributed by atoms with Gasteiger partial charge < -0.3 is 14.6 Å². The number of benzene rings is 2. The molecule has 1 atom stereocenters. The lowest BCUT2D eigenvalue weighted by Crippen LogP contribution is -2.39. The number of carbonyl (C=O) groups excluding carboxylic acids is 2. The maximum Gasteiger partial charge on any atom is 0.354 e. The Labute approximate surface area is 201 Å². The van der Waals surface area contributed by atoms with E-state index >= 15 is 0 Å². The molecule has 2 heterocycles. The molecule has 9 heteroatoms. The van der Waals surface area contributed by atoms with Gasteiger partial charge in [-0.15, -0.1) is 0 Å². The molecule has 0 saturated heterocycles. The fourth-order valence-corrected chi connectivity index (χ4v) is 3.83. The van der Waals surface area contributed by atoms with Crippen LogP contribution in [0.25, 0.3) is 0 Å². The van der Waals surface area contributed by atoms with Gasteiger partial charge in [0.2, 0.25) is 5.91 Å². The molecule has 3 aromatic rings. The van der Waals surface area contributed by atoms with Gasteiger partial charge >= 0.3 is 5.97 Å². The van der Waals surface area contributed by atoms with Crippen molar-refractivity contribution in [3.05, 3.63) is 93.9 Å². The fraction of sp³-hybridized carbons (Fsp3) is 0.200. The second-order valence-corrected chi connectivity index (χ2v) is 8.04. The number of rotatable bonds is 7. The average molecular weight is 479 g/mol. The molecule has 1 unspecified atom stereocenters. The number of nitrogens with zero attached hydrogens (tertiary/aromatic N) is 3. The summed E-state index contributed by atoms with van der Waals surface area (Å²) in [6, 6.07) is 18.5. The van der Waals surface area contributed by atoms with Crippen LogP contribution in [0.15, 0.2) is 82.8 Å². The van der Waals surface area contributed by atoms with Crippen molar-refractivity contribution in [3.8, 4) is 0 Å². The predicted molar refractivity (Wildman–Crippen MR) is 131 cm³/mol. The minimum Gasteiger partial charge on any atom is -0.461 e. The van der Waals surface area contributed by atoms with Crippen molar-refractivity contribution in [2.75, 3.05) is 16.9 Å². The van der Waals surface area contributed by atoms with Crippen LogP contribution in [0, 0.1) is 0 Å². The van der Waals surface area contributed by atoms with Gasteiger partial charge in [-0.3, -0.25) is 14.6 Å². The summed E-state index contributed by atoms with van der Waals surface area (Å²) in [6.45, 7) is 2.19. The molecule has 0 saturated carbocycles. The molecule has 2 aromatic carbocycles. The van der Waals surface area contributed by atoms with Crippen LogP contribution in [-0.2, 0) is 20.9 Å². The molecule has 1 aliphatic heterocycles. The topological polar surface area (TPSA) is 93.0 Å². The summed E-state index contributed by atoms with van der Waals surface area (Å²) < 4.78 is 6.55. The monoisotopic (exact) mass is 478 g/mol. The minimum absolute atomic E-state index is 0.0961. The molecule has 1 amide bonds. The number of hydrogen-bond donors (Lipinski definition) is 1. The predicted octanol–water partition coefficient (Wildman–Crippen LogP) is 3.69. The zero-order chi connectivity index (χ0) is 24.1. The van der Waals surface area contributed by atoms with Gasteiger partial charge in [0.15, 0.2) is 0 Å². The normalized spacial score (nSPS) is 15.1. The summed E-state index contributed by atoms with van der Waals surface area (Å²) in [5.41, 5.74) is 1.85. The highest BCUT2D eigenvalue weighted by Crippen LogP contribution is 2.26. The molecule has 0 spiro atoms. The number of amides is 1. The highest BCUT2D eigenvalue weighted by molar-refractivity contribution is 6.38. The van der Waals surface area contributed by atoms with Crippen molar-refractivity contribution in [1.29, 1.82) is 0 Å². The minimum atomic E-state index is -0.759. The third kappa shape index (κ3) is 5.18. The Balaban J connectivity index is 1.56. The summed E-state index contributed by atoms with van der Waals surface area (Å²) >= 11 is 6.23. The van der Waals surface area contributed by atoms with E-state index in [0.717, 1.165) is 5.56 Å². The number of hydrogen-bond acceptors (Lipinski definition) is 6. The van der Waals surface area contributed by atoms with Crippen LogP contribution in [0.1, 0.15) is 18.9 Å². The molecule has 4 rings (SSSR count). The molecule has 1 aliphatic rings.